The first-order chi connectivity index (χ1) is 7.97. The van der Waals surface area contributed by atoms with Crippen LogP contribution in [-0.4, -0.2) is 25.2 Å². The molecule has 0 unspecified atom stereocenters. The summed E-state index contributed by atoms with van der Waals surface area (Å²) < 4.78 is 1.84. The number of nitrogens with zero attached hydrogens (tertiary/aromatic N) is 5. The normalized spacial score (nSPS) is 12.0. The monoisotopic (exact) mass is 269 g/mol. The third-order valence-corrected chi connectivity index (χ3v) is 3.87. The fraction of sp³-hybridized carbons (Fsp3) is 0.600. The zero-order valence-electron chi connectivity index (χ0n) is 10.3. The number of hydrogen-bond acceptors (Lipinski definition) is 6. The molecule has 0 saturated carbocycles. The van der Waals surface area contributed by atoms with Crippen molar-refractivity contribution < 1.29 is 0 Å². The van der Waals surface area contributed by atoms with Gasteiger partial charge in [0, 0.05) is 11.1 Å². The molecule has 0 fully saturated rings. The Hall–Kier alpha value is -0.950. The highest BCUT2D eigenvalue weighted by Crippen LogP contribution is 2.24. The molecule has 0 spiro atoms. The Bertz CT molecular complexity index is 497. The third kappa shape index (κ3) is 3.04. The summed E-state index contributed by atoms with van der Waals surface area (Å²) in [5, 5.41) is 15.8. The van der Waals surface area contributed by atoms with E-state index in [1.165, 1.54) is 0 Å². The molecule has 0 aliphatic carbocycles. The van der Waals surface area contributed by atoms with E-state index in [4.69, 9.17) is 0 Å². The van der Waals surface area contributed by atoms with Crippen molar-refractivity contribution >= 4 is 23.1 Å². The molecule has 0 amide bonds. The Morgan fingerprint density at radius 3 is 2.76 bits per heavy atom. The van der Waals surface area contributed by atoms with E-state index in [0.29, 0.717) is 0 Å². The second-order valence-electron chi connectivity index (χ2n) is 4.69. The van der Waals surface area contributed by atoms with Gasteiger partial charge in [0.1, 0.15) is 0 Å². The zero-order chi connectivity index (χ0) is 12.5. The molecule has 0 atom stereocenters. The highest BCUT2D eigenvalue weighted by Gasteiger charge is 2.19. The van der Waals surface area contributed by atoms with Gasteiger partial charge in [-0.25, -0.2) is 9.67 Å². The molecule has 92 valence electrons. The maximum atomic E-state index is 4.42. The van der Waals surface area contributed by atoms with Crippen LogP contribution in [0.2, 0.25) is 0 Å². The Labute approximate surface area is 109 Å². The van der Waals surface area contributed by atoms with Gasteiger partial charge in [0.05, 0.1) is 16.2 Å². The quantitative estimate of drug-likeness (QED) is 0.801. The summed E-state index contributed by atoms with van der Waals surface area (Å²) in [6.07, 6.45) is 0. The van der Waals surface area contributed by atoms with Crippen molar-refractivity contribution in [2.75, 3.05) is 0 Å². The fourth-order valence-electron chi connectivity index (χ4n) is 1.30. The molecule has 0 radical (unpaired) electrons. The summed E-state index contributed by atoms with van der Waals surface area (Å²) in [7, 11) is 0. The molecule has 2 aromatic rings. The minimum absolute atomic E-state index is 0.0934. The van der Waals surface area contributed by atoms with Gasteiger partial charge in [-0.3, -0.25) is 0 Å². The predicted molar refractivity (Wildman–Crippen MR) is 69.2 cm³/mol. The van der Waals surface area contributed by atoms with Crippen molar-refractivity contribution in [3.63, 3.8) is 0 Å². The first kappa shape index (κ1) is 12.5. The Kier molecular flexibility index (Phi) is 3.48. The van der Waals surface area contributed by atoms with Gasteiger partial charge in [-0.1, -0.05) is 11.8 Å². The lowest BCUT2D eigenvalue weighted by atomic mass is 10.1. The molecule has 2 rings (SSSR count). The van der Waals surface area contributed by atoms with Crippen LogP contribution in [0.15, 0.2) is 10.5 Å². The highest BCUT2D eigenvalue weighted by molar-refractivity contribution is 7.98. The van der Waals surface area contributed by atoms with E-state index in [0.717, 1.165) is 21.6 Å². The van der Waals surface area contributed by atoms with Crippen LogP contribution in [-0.2, 0) is 11.3 Å². The van der Waals surface area contributed by atoms with Crippen LogP contribution < -0.4 is 0 Å². The molecular formula is C10H15N5S2. The first-order valence-electron chi connectivity index (χ1n) is 5.29. The maximum absolute atomic E-state index is 4.42. The smallest absolute Gasteiger partial charge is 0.210 e. The van der Waals surface area contributed by atoms with Gasteiger partial charge in [0.2, 0.25) is 5.16 Å². The van der Waals surface area contributed by atoms with E-state index < -0.39 is 0 Å². The number of thioether (sulfide) groups is 1. The Morgan fingerprint density at radius 2 is 2.18 bits per heavy atom. The molecule has 0 bridgehead atoms. The summed E-state index contributed by atoms with van der Waals surface area (Å²) >= 11 is 3.29. The summed E-state index contributed by atoms with van der Waals surface area (Å²) in [6, 6.07) is 0. The minimum atomic E-state index is -0.0934. The third-order valence-electron chi connectivity index (χ3n) is 2.09. The van der Waals surface area contributed by atoms with Crippen LogP contribution in [0.5, 0.6) is 0 Å². The lowest BCUT2D eigenvalue weighted by Gasteiger charge is -2.19. The molecule has 0 N–H and O–H groups in total. The van der Waals surface area contributed by atoms with Crippen molar-refractivity contribution in [1.82, 2.24) is 25.2 Å². The standard InChI is InChI=1S/C10H15N5S2/c1-7-11-8(5-16-7)6-17-9-12-13-14-15(9)10(2,3)4/h5H,6H2,1-4H3. The van der Waals surface area contributed by atoms with Crippen LogP contribution in [0.25, 0.3) is 0 Å². The van der Waals surface area contributed by atoms with Crippen molar-refractivity contribution in [3.05, 3.63) is 16.1 Å². The topological polar surface area (TPSA) is 56.5 Å². The molecule has 17 heavy (non-hydrogen) atoms. The van der Waals surface area contributed by atoms with Gasteiger partial charge in [-0.05, 0) is 38.1 Å². The highest BCUT2D eigenvalue weighted by atomic mass is 32.2. The van der Waals surface area contributed by atoms with E-state index >= 15 is 0 Å². The van der Waals surface area contributed by atoms with Crippen LogP contribution in [0.1, 0.15) is 31.5 Å². The van der Waals surface area contributed by atoms with Crippen molar-refractivity contribution in [3.8, 4) is 0 Å². The van der Waals surface area contributed by atoms with Crippen molar-refractivity contribution in [2.45, 2.75) is 44.1 Å². The summed E-state index contributed by atoms with van der Waals surface area (Å²) in [6.45, 7) is 8.26. The molecule has 2 heterocycles. The largest absolute Gasteiger partial charge is 0.246 e. The first-order valence-corrected chi connectivity index (χ1v) is 7.16. The molecule has 0 aromatic carbocycles. The molecule has 5 nitrogen and oxygen atoms in total. The average Bonchev–Trinajstić information content (AvgIpc) is 2.81. The van der Waals surface area contributed by atoms with Gasteiger partial charge < -0.3 is 0 Å². The van der Waals surface area contributed by atoms with Crippen LogP contribution in [0, 0.1) is 6.92 Å². The van der Waals surface area contributed by atoms with Gasteiger partial charge >= 0.3 is 0 Å². The van der Waals surface area contributed by atoms with E-state index in [1.54, 1.807) is 23.1 Å². The average molecular weight is 269 g/mol. The number of rotatable bonds is 3. The second kappa shape index (κ2) is 4.73. The van der Waals surface area contributed by atoms with E-state index in [2.05, 4.69) is 46.7 Å². The Morgan fingerprint density at radius 1 is 1.41 bits per heavy atom. The molecule has 7 heteroatoms. The number of tetrazole rings is 1. The molecule has 0 saturated heterocycles. The SMILES string of the molecule is Cc1nc(CSc2nnnn2C(C)(C)C)cs1. The molecule has 0 aliphatic rings. The van der Waals surface area contributed by atoms with Gasteiger partial charge in [0.25, 0.3) is 0 Å². The number of aryl methyl sites for hydroxylation is 1. The Balaban J connectivity index is 2.07. The lowest BCUT2D eigenvalue weighted by molar-refractivity contribution is 0.321. The molecular weight excluding hydrogens is 254 g/mol. The summed E-state index contributed by atoms with van der Waals surface area (Å²) in [4.78, 5) is 4.42. The maximum Gasteiger partial charge on any atom is 0.210 e. The van der Waals surface area contributed by atoms with Gasteiger partial charge in [-0.15, -0.1) is 16.4 Å². The second-order valence-corrected chi connectivity index (χ2v) is 6.70. The lowest BCUT2D eigenvalue weighted by Crippen LogP contribution is -2.24. The minimum Gasteiger partial charge on any atom is -0.246 e. The molecule has 0 aliphatic heterocycles. The van der Waals surface area contributed by atoms with E-state index in [1.807, 2.05) is 11.6 Å². The predicted octanol–water partition coefficient (Wildman–Crippen LogP) is 2.49. The zero-order valence-corrected chi connectivity index (χ0v) is 12.0. The molecule has 2 aromatic heterocycles. The number of hydrogen-bond donors (Lipinski definition) is 0. The van der Waals surface area contributed by atoms with Crippen molar-refractivity contribution in [2.24, 2.45) is 0 Å². The van der Waals surface area contributed by atoms with Crippen LogP contribution >= 0.6 is 23.1 Å². The fourth-order valence-corrected chi connectivity index (χ4v) is 2.97. The summed E-state index contributed by atoms with van der Waals surface area (Å²) in [5.74, 6) is 0.806. The van der Waals surface area contributed by atoms with E-state index in [-0.39, 0.29) is 5.54 Å². The van der Waals surface area contributed by atoms with Crippen LogP contribution in [0.3, 0.4) is 0 Å². The van der Waals surface area contributed by atoms with Crippen molar-refractivity contribution in [1.29, 1.82) is 0 Å². The number of thiazole rings is 1. The van der Waals surface area contributed by atoms with E-state index in [9.17, 15) is 0 Å². The van der Waals surface area contributed by atoms with Gasteiger partial charge in [0.15, 0.2) is 0 Å². The summed E-state index contributed by atoms with van der Waals surface area (Å²) in [5.41, 5.74) is 0.991. The number of aromatic nitrogens is 5. The van der Waals surface area contributed by atoms with Crippen LogP contribution in [0.4, 0.5) is 0 Å². The van der Waals surface area contributed by atoms with Gasteiger partial charge in [-0.2, -0.15) is 0 Å².